The van der Waals surface area contributed by atoms with Crippen molar-refractivity contribution >= 4 is 12.3 Å². The van der Waals surface area contributed by atoms with Gasteiger partial charge < -0.3 is 20.1 Å². The SMILES string of the molecule is C=C.C=CF.C=COC(=O)O.O=C(O)O. The first-order chi connectivity index (χ1) is 6.92. The Morgan fingerprint density at radius 1 is 1.13 bits per heavy atom. The highest BCUT2D eigenvalue weighted by atomic mass is 19.1. The Kier molecular flexibility index (Phi) is 45.7. The highest BCUT2D eigenvalue weighted by Crippen LogP contribution is 1.70. The van der Waals surface area contributed by atoms with Crippen molar-refractivity contribution in [2.24, 2.45) is 0 Å². The van der Waals surface area contributed by atoms with Crippen molar-refractivity contribution in [3.63, 3.8) is 0 Å². The number of halogens is 1. The number of carbonyl (C=O) groups is 2. The molecule has 0 aliphatic carbocycles. The van der Waals surface area contributed by atoms with Crippen molar-refractivity contribution in [3.05, 3.63) is 38.9 Å². The maximum atomic E-state index is 10.1. The highest BCUT2D eigenvalue weighted by molar-refractivity contribution is 5.57. The van der Waals surface area contributed by atoms with E-state index in [0.717, 1.165) is 6.26 Å². The average Bonchev–Trinajstić information content (AvgIpc) is 2.07. The molecule has 0 aromatic heterocycles. The van der Waals surface area contributed by atoms with Crippen molar-refractivity contribution in [3.8, 4) is 0 Å². The molecule has 7 heteroatoms. The molecule has 6 nitrogen and oxygen atoms in total. The topological polar surface area (TPSA) is 104 Å². The minimum atomic E-state index is -1.83. The molecule has 0 aromatic carbocycles. The Balaban J connectivity index is -0.0000000590. The predicted molar refractivity (Wildman–Crippen MR) is 52.5 cm³/mol. The van der Waals surface area contributed by atoms with Crippen LogP contribution in [-0.4, -0.2) is 27.6 Å². The fourth-order valence-corrected chi connectivity index (χ4v) is 0.0713. The summed E-state index contributed by atoms with van der Waals surface area (Å²) in [6.45, 7) is 11.7. The van der Waals surface area contributed by atoms with Crippen molar-refractivity contribution in [2.45, 2.75) is 0 Å². The van der Waals surface area contributed by atoms with Crippen LogP contribution in [0.2, 0.25) is 0 Å². The average molecular weight is 224 g/mol. The molecule has 0 aliphatic rings. The lowest BCUT2D eigenvalue weighted by Crippen LogP contribution is -1.89. The Morgan fingerprint density at radius 2 is 1.33 bits per heavy atom. The molecule has 0 fully saturated rings. The molecule has 0 saturated heterocycles. The first kappa shape index (κ1) is 23.0. The summed E-state index contributed by atoms with van der Waals surface area (Å²) in [4.78, 5) is 17.9. The molecule has 0 unspecified atom stereocenters. The first-order valence-corrected chi connectivity index (χ1v) is 3.05. The standard InChI is InChI=1S/C3H4O3.C2H3F.C2H4.CH2O3/c1-2-6-3(4)5;1-2-3;1-2;2-1(3)4/h2H,1H2,(H,4,5);2H,1H2;1-2H2;(H2,2,3,4). The van der Waals surface area contributed by atoms with Gasteiger partial charge in [-0.3, -0.25) is 0 Å². The summed E-state index contributed by atoms with van der Waals surface area (Å²) < 4.78 is 13.8. The summed E-state index contributed by atoms with van der Waals surface area (Å²) >= 11 is 0. The lowest BCUT2D eigenvalue weighted by atomic mass is 11.1. The molecule has 0 bridgehead atoms. The summed E-state index contributed by atoms with van der Waals surface area (Å²) in [5, 5.41) is 21.6. The van der Waals surface area contributed by atoms with Gasteiger partial charge in [0.25, 0.3) is 0 Å². The maximum Gasteiger partial charge on any atom is 0.510 e. The van der Waals surface area contributed by atoms with Crippen LogP contribution >= 0.6 is 0 Å². The first-order valence-electron chi connectivity index (χ1n) is 3.05. The number of hydrogen-bond acceptors (Lipinski definition) is 3. The Morgan fingerprint density at radius 3 is 1.33 bits per heavy atom. The minimum Gasteiger partial charge on any atom is -0.450 e. The van der Waals surface area contributed by atoms with E-state index in [9.17, 15) is 9.18 Å². The number of ether oxygens (including phenoxy) is 1. The quantitative estimate of drug-likeness (QED) is 0.359. The van der Waals surface area contributed by atoms with Gasteiger partial charge in [0.05, 0.1) is 12.6 Å². The number of rotatable bonds is 1. The third-order valence-corrected chi connectivity index (χ3v) is 0.184. The van der Waals surface area contributed by atoms with Crippen molar-refractivity contribution in [1.29, 1.82) is 0 Å². The van der Waals surface area contributed by atoms with Crippen LogP contribution in [-0.2, 0) is 4.74 Å². The zero-order chi connectivity index (χ0) is 13.3. The molecule has 15 heavy (non-hydrogen) atoms. The van der Waals surface area contributed by atoms with Gasteiger partial charge in [0.2, 0.25) is 0 Å². The van der Waals surface area contributed by atoms with Crippen molar-refractivity contribution in [2.75, 3.05) is 0 Å². The number of hydrogen-bond donors (Lipinski definition) is 3. The van der Waals surface area contributed by atoms with E-state index in [2.05, 4.69) is 31.1 Å². The largest absolute Gasteiger partial charge is 0.510 e. The van der Waals surface area contributed by atoms with Crippen LogP contribution in [0.15, 0.2) is 38.9 Å². The minimum absolute atomic E-state index is 0.250. The van der Waals surface area contributed by atoms with E-state index in [-0.39, 0.29) is 6.33 Å². The Labute approximate surface area is 86.2 Å². The van der Waals surface area contributed by atoms with Gasteiger partial charge in [0.1, 0.15) is 0 Å². The van der Waals surface area contributed by atoms with Crippen LogP contribution in [0.25, 0.3) is 0 Å². The van der Waals surface area contributed by atoms with Gasteiger partial charge in [-0.05, 0) is 0 Å². The van der Waals surface area contributed by atoms with E-state index >= 15 is 0 Å². The van der Waals surface area contributed by atoms with Gasteiger partial charge in [-0.15, -0.1) is 13.2 Å². The van der Waals surface area contributed by atoms with Crippen LogP contribution < -0.4 is 0 Å². The van der Waals surface area contributed by atoms with Crippen LogP contribution in [0.5, 0.6) is 0 Å². The second-order valence-corrected chi connectivity index (χ2v) is 0.987. The summed E-state index contributed by atoms with van der Waals surface area (Å²) in [6.07, 6.45) is -2.06. The van der Waals surface area contributed by atoms with Gasteiger partial charge in [0.15, 0.2) is 0 Å². The molecule has 0 radical (unpaired) electrons. The normalized spacial score (nSPS) is 5.40. The van der Waals surface area contributed by atoms with E-state index in [1.54, 1.807) is 0 Å². The monoisotopic (exact) mass is 224 g/mol. The smallest absolute Gasteiger partial charge is 0.450 e. The summed E-state index contributed by atoms with van der Waals surface area (Å²) in [5.74, 6) is 0. The molecule has 0 spiro atoms. The lowest BCUT2D eigenvalue weighted by Gasteiger charge is -1.81. The molecule has 0 amide bonds. The van der Waals surface area contributed by atoms with Crippen LogP contribution in [0.1, 0.15) is 0 Å². The maximum absolute atomic E-state index is 10.1. The molecule has 0 aliphatic heterocycles. The highest BCUT2D eigenvalue weighted by Gasteiger charge is 1.84. The molecule has 3 N–H and O–H groups in total. The van der Waals surface area contributed by atoms with E-state index in [1.807, 2.05) is 0 Å². The summed E-state index contributed by atoms with van der Waals surface area (Å²) in [5.41, 5.74) is 0. The van der Waals surface area contributed by atoms with Crippen molar-refractivity contribution in [1.82, 2.24) is 0 Å². The lowest BCUT2D eigenvalue weighted by molar-refractivity contribution is 0.128. The van der Waals surface area contributed by atoms with Gasteiger partial charge in [-0.1, -0.05) is 13.2 Å². The third kappa shape index (κ3) is 2310. The fourth-order valence-electron chi connectivity index (χ4n) is 0.0713. The van der Waals surface area contributed by atoms with E-state index in [4.69, 9.17) is 20.1 Å². The van der Waals surface area contributed by atoms with E-state index in [0.29, 0.717) is 0 Å². The predicted octanol–water partition coefficient (Wildman–Crippen LogP) is 2.95. The zero-order valence-electron chi connectivity index (χ0n) is 7.93. The van der Waals surface area contributed by atoms with Gasteiger partial charge in [-0.25, -0.2) is 14.0 Å². The number of carboxylic acid groups (broad SMARTS) is 3. The molecular weight excluding hydrogens is 211 g/mol. The van der Waals surface area contributed by atoms with Gasteiger partial charge in [0, 0.05) is 0 Å². The van der Waals surface area contributed by atoms with Crippen LogP contribution in [0.3, 0.4) is 0 Å². The van der Waals surface area contributed by atoms with E-state index in [1.165, 1.54) is 0 Å². The van der Waals surface area contributed by atoms with Gasteiger partial charge >= 0.3 is 12.3 Å². The molecule has 0 aromatic rings. The second kappa shape index (κ2) is 29.8. The zero-order valence-corrected chi connectivity index (χ0v) is 7.93. The van der Waals surface area contributed by atoms with Crippen LogP contribution in [0, 0.1) is 0 Å². The molecule has 0 saturated carbocycles. The summed E-state index contributed by atoms with van der Waals surface area (Å²) in [7, 11) is 0. The Hall–Kier alpha value is -2.31. The molecule has 0 heterocycles. The fraction of sp³-hybridized carbons (Fsp3) is 0. The second-order valence-electron chi connectivity index (χ2n) is 0.987. The van der Waals surface area contributed by atoms with Crippen LogP contribution in [0.4, 0.5) is 14.0 Å². The summed E-state index contributed by atoms with van der Waals surface area (Å²) in [6, 6.07) is 0. The molecule has 0 rings (SSSR count). The molecular formula is C8H13FO6. The van der Waals surface area contributed by atoms with Crippen molar-refractivity contribution < 1.29 is 34.0 Å². The van der Waals surface area contributed by atoms with Gasteiger partial charge in [-0.2, -0.15) is 0 Å². The molecule has 88 valence electrons. The molecule has 0 atom stereocenters. The Bertz CT molecular complexity index is 176. The third-order valence-electron chi connectivity index (χ3n) is 0.184. The van der Waals surface area contributed by atoms with E-state index < -0.39 is 12.3 Å².